The zero-order valence-corrected chi connectivity index (χ0v) is 16.2. The van der Waals surface area contributed by atoms with Crippen molar-refractivity contribution in [3.05, 3.63) is 54.6 Å². The lowest BCUT2D eigenvalue weighted by Crippen LogP contribution is -2.34. The average Bonchev–Trinajstić information content (AvgIpc) is 3.19. The van der Waals surface area contributed by atoms with E-state index in [-0.39, 0.29) is 42.9 Å². The number of nitrogens with zero attached hydrogens (tertiary/aromatic N) is 4. The highest BCUT2D eigenvalue weighted by molar-refractivity contribution is 5.92. The van der Waals surface area contributed by atoms with Crippen molar-refractivity contribution in [1.29, 1.82) is 0 Å². The Labute approximate surface area is 174 Å². The number of halogens is 3. The summed E-state index contributed by atoms with van der Waals surface area (Å²) in [6, 6.07) is 7.33. The number of rotatable bonds is 7. The van der Waals surface area contributed by atoms with Crippen LogP contribution < -0.4 is 5.32 Å². The van der Waals surface area contributed by atoms with E-state index in [1.807, 2.05) is 18.2 Å². The molecule has 0 radical (unpaired) electrons. The molecule has 1 amide bonds. The lowest BCUT2D eigenvalue weighted by molar-refractivity contribution is -0.352. The third-order valence-corrected chi connectivity index (χ3v) is 4.89. The van der Waals surface area contributed by atoms with Crippen LogP contribution >= 0.6 is 0 Å². The number of fused-ring (bicyclic) bond motifs is 1. The molecule has 2 heterocycles. The van der Waals surface area contributed by atoms with E-state index in [0.29, 0.717) is 17.5 Å². The van der Waals surface area contributed by atoms with E-state index in [1.165, 1.54) is 0 Å². The maximum absolute atomic E-state index is 12.3. The molecule has 3 aromatic rings. The minimum atomic E-state index is -4.65. The summed E-state index contributed by atoms with van der Waals surface area (Å²) in [5, 5.41) is 11.3. The topological polar surface area (TPSA) is 103 Å². The molecule has 31 heavy (non-hydrogen) atoms. The summed E-state index contributed by atoms with van der Waals surface area (Å²) in [6.07, 6.45) is -3.29. The van der Waals surface area contributed by atoms with Crippen LogP contribution in [0, 0.1) is 0 Å². The van der Waals surface area contributed by atoms with Gasteiger partial charge in [0.25, 0.3) is 5.91 Å². The molecule has 2 aromatic heterocycles. The van der Waals surface area contributed by atoms with Crippen LogP contribution in [0.5, 0.6) is 0 Å². The van der Waals surface area contributed by atoms with Crippen LogP contribution in [0.15, 0.2) is 41.5 Å². The van der Waals surface area contributed by atoms with Gasteiger partial charge in [-0.15, -0.1) is 23.4 Å². The Kier molecular flexibility index (Phi) is 5.68. The molecule has 1 aliphatic rings. The van der Waals surface area contributed by atoms with Crippen molar-refractivity contribution in [2.75, 3.05) is 6.54 Å². The number of hydrogen-bond donors (Lipinski definition) is 1. The highest BCUT2D eigenvalue weighted by atomic mass is 19.4. The van der Waals surface area contributed by atoms with Gasteiger partial charge in [-0.05, 0) is 25.3 Å². The number of ether oxygens (including phenoxy) is 1. The number of alkyl halides is 3. The molecule has 1 aliphatic carbocycles. The van der Waals surface area contributed by atoms with Crippen molar-refractivity contribution in [2.24, 2.45) is 0 Å². The Bertz CT molecular complexity index is 1110. The summed E-state index contributed by atoms with van der Waals surface area (Å²) in [5.41, 5.74) is 1.17. The molecule has 1 fully saturated rings. The normalized spacial score (nSPS) is 18.5. The second-order valence-corrected chi connectivity index (χ2v) is 7.16. The quantitative estimate of drug-likeness (QED) is 0.607. The van der Waals surface area contributed by atoms with Crippen molar-refractivity contribution < 1.29 is 27.1 Å². The zero-order valence-electron chi connectivity index (χ0n) is 16.2. The van der Waals surface area contributed by atoms with E-state index < -0.39 is 18.4 Å². The Morgan fingerprint density at radius 1 is 1.26 bits per heavy atom. The van der Waals surface area contributed by atoms with Crippen LogP contribution in [0.1, 0.15) is 47.6 Å². The second kappa shape index (κ2) is 8.42. The summed E-state index contributed by atoms with van der Waals surface area (Å²) in [7, 11) is 0. The molecule has 8 nitrogen and oxygen atoms in total. The third-order valence-electron chi connectivity index (χ3n) is 4.89. The molecule has 0 spiro atoms. The molecular weight excluding hydrogens is 415 g/mol. The standard InChI is InChI=1S/C20H18F3N5O3/c1-11(18-27-28-19(30-18)13-8-14(9-13)31-20(21,22)23)6-7-24-17(29)16-25-10-12-4-2-3-5-15(12)26-16/h2-5,10,13-14H,1,6-9H2,(H,24,29). The zero-order chi connectivity index (χ0) is 22.0. The van der Waals surface area contributed by atoms with Gasteiger partial charge in [0.05, 0.1) is 11.6 Å². The molecule has 0 atom stereocenters. The van der Waals surface area contributed by atoms with E-state index >= 15 is 0 Å². The van der Waals surface area contributed by atoms with Crippen molar-refractivity contribution in [3.8, 4) is 0 Å². The molecule has 1 aromatic carbocycles. The van der Waals surface area contributed by atoms with Crippen LogP contribution in [0.3, 0.4) is 0 Å². The van der Waals surface area contributed by atoms with Gasteiger partial charge in [0, 0.05) is 29.6 Å². The summed E-state index contributed by atoms with van der Waals surface area (Å²) >= 11 is 0. The van der Waals surface area contributed by atoms with Crippen molar-refractivity contribution >= 4 is 22.4 Å². The number of amides is 1. The summed E-state index contributed by atoms with van der Waals surface area (Å²) in [5.74, 6) is -0.190. The lowest BCUT2D eigenvalue weighted by atomic mass is 9.82. The van der Waals surface area contributed by atoms with Gasteiger partial charge in [-0.3, -0.25) is 9.53 Å². The third kappa shape index (κ3) is 5.05. The first kappa shape index (κ1) is 20.9. The minimum absolute atomic E-state index is 0.0602. The number of carbonyl (C=O) groups is 1. The van der Waals surface area contributed by atoms with Crippen molar-refractivity contribution in [3.63, 3.8) is 0 Å². The summed E-state index contributed by atoms with van der Waals surface area (Å²) in [4.78, 5) is 20.6. The smallest absolute Gasteiger partial charge is 0.421 e. The highest BCUT2D eigenvalue weighted by Gasteiger charge is 2.42. The van der Waals surface area contributed by atoms with Gasteiger partial charge in [0.2, 0.25) is 17.6 Å². The van der Waals surface area contributed by atoms with Gasteiger partial charge in [-0.25, -0.2) is 9.97 Å². The first-order chi connectivity index (χ1) is 14.8. The van der Waals surface area contributed by atoms with Gasteiger partial charge in [0.1, 0.15) is 0 Å². The minimum Gasteiger partial charge on any atom is -0.421 e. The SMILES string of the molecule is C=C(CCNC(=O)c1ncc2ccccc2n1)c1nnc(C2CC(OC(F)(F)F)C2)o1. The van der Waals surface area contributed by atoms with Gasteiger partial charge in [0.15, 0.2) is 0 Å². The molecule has 1 N–H and O–H groups in total. The molecule has 1 saturated carbocycles. The Hall–Kier alpha value is -3.34. The first-order valence-electron chi connectivity index (χ1n) is 9.54. The number of nitrogens with one attached hydrogen (secondary N) is 1. The highest BCUT2D eigenvalue weighted by Crippen LogP contribution is 2.41. The van der Waals surface area contributed by atoms with E-state index in [1.54, 1.807) is 12.3 Å². The number of para-hydroxylation sites is 1. The van der Waals surface area contributed by atoms with Crippen LogP contribution in [-0.4, -0.2) is 45.1 Å². The van der Waals surface area contributed by atoms with Crippen LogP contribution in [0.25, 0.3) is 16.5 Å². The maximum atomic E-state index is 12.3. The monoisotopic (exact) mass is 433 g/mol. The lowest BCUT2D eigenvalue weighted by Gasteiger charge is -2.32. The van der Waals surface area contributed by atoms with Gasteiger partial charge in [-0.1, -0.05) is 24.8 Å². The van der Waals surface area contributed by atoms with Gasteiger partial charge < -0.3 is 9.73 Å². The van der Waals surface area contributed by atoms with Crippen molar-refractivity contribution in [1.82, 2.24) is 25.5 Å². The summed E-state index contributed by atoms with van der Waals surface area (Å²) < 4.78 is 46.1. The van der Waals surface area contributed by atoms with Crippen LogP contribution in [0.4, 0.5) is 13.2 Å². The van der Waals surface area contributed by atoms with E-state index in [4.69, 9.17) is 4.42 Å². The largest absolute Gasteiger partial charge is 0.522 e. The molecule has 0 unspecified atom stereocenters. The van der Waals surface area contributed by atoms with E-state index in [2.05, 4.69) is 36.8 Å². The Morgan fingerprint density at radius 2 is 2.03 bits per heavy atom. The first-order valence-corrected chi connectivity index (χ1v) is 9.54. The fraction of sp³-hybridized carbons (Fsp3) is 0.350. The Balaban J connectivity index is 1.25. The van der Waals surface area contributed by atoms with Gasteiger partial charge in [-0.2, -0.15) is 0 Å². The molecule has 0 bridgehead atoms. The van der Waals surface area contributed by atoms with E-state index in [9.17, 15) is 18.0 Å². The molecule has 162 valence electrons. The van der Waals surface area contributed by atoms with Crippen LogP contribution in [-0.2, 0) is 4.74 Å². The predicted molar refractivity (Wildman–Crippen MR) is 103 cm³/mol. The summed E-state index contributed by atoms with van der Waals surface area (Å²) in [6.45, 7) is 4.11. The molecule has 0 aliphatic heterocycles. The number of hydrogen-bond acceptors (Lipinski definition) is 7. The second-order valence-electron chi connectivity index (χ2n) is 7.16. The van der Waals surface area contributed by atoms with E-state index in [0.717, 1.165) is 5.39 Å². The molecule has 0 saturated heterocycles. The molecule has 4 rings (SSSR count). The fourth-order valence-electron chi connectivity index (χ4n) is 3.19. The average molecular weight is 433 g/mol. The molecule has 11 heteroatoms. The fourth-order valence-corrected chi connectivity index (χ4v) is 3.19. The van der Waals surface area contributed by atoms with Gasteiger partial charge >= 0.3 is 6.36 Å². The maximum Gasteiger partial charge on any atom is 0.522 e. The van der Waals surface area contributed by atoms with Crippen LogP contribution in [0.2, 0.25) is 0 Å². The number of benzene rings is 1. The number of carbonyl (C=O) groups excluding carboxylic acids is 1. The van der Waals surface area contributed by atoms with Crippen molar-refractivity contribution in [2.45, 2.75) is 37.6 Å². The predicted octanol–water partition coefficient (Wildman–Crippen LogP) is 3.63. The Morgan fingerprint density at radius 3 is 2.81 bits per heavy atom. The molecular formula is C20H18F3N5O3. The number of aromatic nitrogens is 4.